The Labute approximate surface area is 124 Å². The quantitative estimate of drug-likeness (QED) is 0.920. The molecule has 2 unspecified atom stereocenters. The molecule has 2 aliphatic rings. The molecule has 3 rings (SSSR count). The van der Waals surface area contributed by atoms with E-state index in [1.165, 1.54) is 12.8 Å². The minimum Gasteiger partial charge on any atom is -0.377 e. The largest absolute Gasteiger partial charge is 0.377 e. The molecular weight excluding hydrogens is 281 g/mol. The summed E-state index contributed by atoms with van der Waals surface area (Å²) in [6.07, 6.45) is 4.79. The first-order valence-electron chi connectivity index (χ1n) is 6.90. The second-order valence-corrected chi connectivity index (χ2v) is 6.70. The molecule has 2 N–H and O–H groups in total. The van der Waals surface area contributed by atoms with Gasteiger partial charge in [0.25, 0.3) is 0 Å². The molecule has 1 heterocycles. The lowest BCUT2D eigenvalue weighted by Crippen LogP contribution is -2.41. The zero-order valence-corrected chi connectivity index (χ0v) is 12.4. The Hall–Kier alpha value is -0.280. The molecule has 1 aliphatic carbocycles. The fourth-order valence-electron chi connectivity index (χ4n) is 3.27. The Bertz CT molecular complexity index is 475. The van der Waals surface area contributed by atoms with Gasteiger partial charge in [-0.05, 0) is 49.3 Å². The molecule has 0 spiro atoms. The predicted molar refractivity (Wildman–Crippen MR) is 78.7 cm³/mol. The molecule has 1 saturated carbocycles. The van der Waals surface area contributed by atoms with Crippen molar-refractivity contribution in [2.45, 2.75) is 31.8 Å². The first-order chi connectivity index (χ1) is 9.14. The summed E-state index contributed by atoms with van der Waals surface area (Å²) in [5.41, 5.74) is 7.29. The Morgan fingerprint density at radius 3 is 2.74 bits per heavy atom. The van der Waals surface area contributed by atoms with Crippen molar-refractivity contribution in [3.63, 3.8) is 0 Å². The fraction of sp³-hybridized carbons (Fsp3) is 0.600. The summed E-state index contributed by atoms with van der Waals surface area (Å²) in [4.78, 5) is 0. The second-order valence-electron chi connectivity index (χ2n) is 5.86. The molecule has 0 aromatic heterocycles. The SMILES string of the molecule is NCC1(Cc2ccc(Cl)cc2Cl)CCOC1C1CC1. The van der Waals surface area contributed by atoms with Crippen LogP contribution in [0.1, 0.15) is 24.8 Å². The Morgan fingerprint density at radius 2 is 2.11 bits per heavy atom. The summed E-state index contributed by atoms with van der Waals surface area (Å²) in [7, 11) is 0. The zero-order valence-electron chi connectivity index (χ0n) is 10.9. The van der Waals surface area contributed by atoms with Crippen LogP contribution in [0.2, 0.25) is 10.0 Å². The van der Waals surface area contributed by atoms with Crippen molar-refractivity contribution in [2.75, 3.05) is 13.2 Å². The van der Waals surface area contributed by atoms with E-state index >= 15 is 0 Å². The van der Waals surface area contributed by atoms with Gasteiger partial charge in [0.2, 0.25) is 0 Å². The number of rotatable bonds is 4. The highest BCUT2D eigenvalue weighted by molar-refractivity contribution is 6.35. The minimum absolute atomic E-state index is 0.0542. The van der Waals surface area contributed by atoms with E-state index < -0.39 is 0 Å². The lowest BCUT2D eigenvalue weighted by atomic mass is 9.74. The van der Waals surface area contributed by atoms with Gasteiger partial charge < -0.3 is 10.5 Å². The summed E-state index contributed by atoms with van der Waals surface area (Å²) in [5, 5.41) is 1.42. The summed E-state index contributed by atoms with van der Waals surface area (Å²) in [6.45, 7) is 1.48. The zero-order chi connectivity index (χ0) is 13.5. The lowest BCUT2D eigenvalue weighted by molar-refractivity contribution is 0.0345. The third kappa shape index (κ3) is 2.64. The van der Waals surface area contributed by atoms with Crippen LogP contribution >= 0.6 is 23.2 Å². The third-order valence-electron chi connectivity index (χ3n) is 4.52. The van der Waals surface area contributed by atoms with Crippen molar-refractivity contribution in [3.8, 4) is 0 Å². The van der Waals surface area contributed by atoms with Crippen LogP contribution in [0, 0.1) is 11.3 Å². The van der Waals surface area contributed by atoms with E-state index in [9.17, 15) is 0 Å². The van der Waals surface area contributed by atoms with E-state index in [1.54, 1.807) is 0 Å². The lowest BCUT2D eigenvalue weighted by Gasteiger charge is -2.33. The van der Waals surface area contributed by atoms with Crippen molar-refractivity contribution in [1.29, 1.82) is 0 Å². The van der Waals surface area contributed by atoms with E-state index in [2.05, 4.69) is 0 Å². The highest BCUT2D eigenvalue weighted by Gasteiger charge is 2.50. The summed E-state index contributed by atoms with van der Waals surface area (Å²) < 4.78 is 5.97. The van der Waals surface area contributed by atoms with Gasteiger partial charge in [-0.25, -0.2) is 0 Å². The van der Waals surface area contributed by atoms with E-state index in [0.717, 1.165) is 30.0 Å². The molecule has 1 aromatic carbocycles. The van der Waals surface area contributed by atoms with Gasteiger partial charge in [-0.15, -0.1) is 0 Å². The Kier molecular flexibility index (Phi) is 3.78. The fourth-order valence-corrected chi connectivity index (χ4v) is 3.74. The Morgan fingerprint density at radius 1 is 1.32 bits per heavy atom. The predicted octanol–water partition coefficient (Wildman–Crippen LogP) is 3.68. The second kappa shape index (κ2) is 5.25. The van der Waals surface area contributed by atoms with Gasteiger partial charge >= 0.3 is 0 Å². The number of hydrogen-bond acceptors (Lipinski definition) is 2. The first kappa shape index (κ1) is 13.7. The Balaban J connectivity index is 1.85. The van der Waals surface area contributed by atoms with Crippen LogP contribution in [-0.4, -0.2) is 19.3 Å². The van der Waals surface area contributed by atoms with Crippen LogP contribution in [0.5, 0.6) is 0 Å². The van der Waals surface area contributed by atoms with Crippen LogP contribution in [-0.2, 0) is 11.2 Å². The van der Waals surface area contributed by atoms with Crippen molar-refractivity contribution >= 4 is 23.2 Å². The maximum absolute atomic E-state index is 6.30. The number of nitrogens with two attached hydrogens (primary N) is 1. The van der Waals surface area contributed by atoms with Gasteiger partial charge in [-0.1, -0.05) is 29.3 Å². The average molecular weight is 300 g/mol. The molecule has 0 radical (unpaired) electrons. The van der Waals surface area contributed by atoms with Gasteiger partial charge in [0.15, 0.2) is 0 Å². The van der Waals surface area contributed by atoms with Crippen molar-refractivity contribution in [1.82, 2.24) is 0 Å². The first-order valence-corrected chi connectivity index (χ1v) is 7.66. The van der Waals surface area contributed by atoms with Gasteiger partial charge in [-0.3, -0.25) is 0 Å². The molecular formula is C15H19Cl2NO. The van der Waals surface area contributed by atoms with E-state index in [0.29, 0.717) is 23.6 Å². The molecule has 2 atom stereocenters. The molecule has 0 amide bonds. The molecule has 1 aromatic rings. The number of benzene rings is 1. The van der Waals surface area contributed by atoms with E-state index in [1.807, 2.05) is 18.2 Å². The molecule has 104 valence electrons. The van der Waals surface area contributed by atoms with Crippen LogP contribution in [0.3, 0.4) is 0 Å². The third-order valence-corrected chi connectivity index (χ3v) is 5.10. The van der Waals surface area contributed by atoms with Gasteiger partial charge in [0, 0.05) is 28.6 Å². The highest BCUT2D eigenvalue weighted by atomic mass is 35.5. The molecule has 2 fully saturated rings. The standard InChI is InChI=1S/C15H19Cl2NO/c16-12-4-3-11(13(17)7-12)8-15(9-18)5-6-19-14(15)10-1-2-10/h3-4,7,10,14H,1-2,5-6,8-9,18H2. The molecule has 0 bridgehead atoms. The maximum atomic E-state index is 6.30. The molecule has 1 saturated heterocycles. The van der Waals surface area contributed by atoms with Gasteiger partial charge in [0.05, 0.1) is 6.10 Å². The molecule has 4 heteroatoms. The molecule has 2 nitrogen and oxygen atoms in total. The number of ether oxygens (including phenoxy) is 1. The summed E-state index contributed by atoms with van der Waals surface area (Å²) in [5.74, 6) is 0.706. The minimum atomic E-state index is 0.0542. The highest BCUT2D eigenvalue weighted by Crippen LogP contribution is 2.49. The number of halogens is 2. The van der Waals surface area contributed by atoms with Crippen molar-refractivity contribution < 1.29 is 4.74 Å². The summed E-state index contributed by atoms with van der Waals surface area (Å²) >= 11 is 12.3. The van der Waals surface area contributed by atoms with Crippen LogP contribution in [0.4, 0.5) is 0 Å². The van der Waals surface area contributed by atoms with Crippen LogP contribution in [0.25, 0.3) is 0 Å². The van der Waals surface area contributed by atoms with Gasteiger partial charge in [0.1, 0.15) is 0 Å². The maximum Gasteiger partial charge on any atom is 0.0675 e. The normalized spacial score (nSPS) is 30.8. The number of hydrogen-bond donors (Lipinski definition) is 1. The molecule has 1 aliphatic heterocycles. The monoisotopic (exact) mass is 299 g/mol. The summed E-state index contributed by atoms with van der Waals surface area (Å²) in [6, 6.07) is 5.73. The van der Waals surface area contributed by atoms with Crippen LogP contribution < -0.4 is 5.73 Å². The van der Waals surface area contributed by atoms with Crippen molar-refractivity contribution in [3.05, 3.63) is 33.8 Å². The topological polar surface area (TPSA) is 35.2 Å². The average Bonchev–Trinajstić information content (AvgIpc) is 3.15. The molecule has 19 heavy (non-hydrogen) atoms. The van der Waals surface area contributed by atoms with E-state index in [4.69, 9.17) is 33.7 Å². The van der Waals surface area contributed by atoms with Gasteiger partial charge in [-0.2, -0.15) is 0 Å². The van der Waals surface area contributed by atoms with Crippen molar-refractivity contribution in [2.24, 2.45) is 17.1 Å². The van der Waals surface area contributed by atoms with Crippen LogP contribution in [0.15, 0.2) is 18.2 Å². The van der Waals surface area contributed by atoms with E-state index in [-0.39, 0.29) is 5.41 Å². The smallest absolute Gasteiger partial charge is 0.0675 e.